The molecule has 24 heavy (non-hydrogen) atoms. The van der Waals surface area contributed by atoms with Crippen molar-refractivity contribution in [3.63, 3.8) is 0 Å². The van der Waals surface area contributed by atoms with Gasteiger partial charge in [0, 0.05) is 0 Å². The number of quaternary nitrogens is 1. The van der Waals surface area contributed by atoms with Crippen LogP contribution in [0.4, 0.5) is 0 Å². The molecule has 6 nitrogen and oxygen atoms in total. The third-order valence-electron chi connectivity index (χ3n) is 3.91. The Labute approximate surface area is 147 Å². The zero-order valence-electron chi connectivity index (χ0n) is 14.7. The minimum absolute atomic E-state index is 0.00852. The van der Waals surface area contributed by atoms with Gasteiger partial charge in [0.2, 0.25) is 11.8 Å². The molecule has 1 aromatic carbocycles. The Morgan fingerprint density at radius 1 is 1.33 bits per heavy atom. The van der Waals surface area contributed by atoms with Crippen molar-refractivity contribution < 1.29 is 19.2 Å². The lowest BCUT2D eigenvalue weighted by Crippen LogP contribution is -3.06. The topological polar surface area (TPSA) is 63.1 Å². The number of amides is 2. The Hall–Kier alpha value is -1.73. The van der Waals surface area contributed by atoms with Crippen LogP contribution in [-0.4, -0.2) is 62.8 Å². The molecule has 132 valence electrons. The lowest BCUT2D eigenvalue weighted by molar-refractivity contribution is -0.856. The van der Waals surface area contributed by atoms with E-state index in [0.717, 1.165) is 17.9 Å². The average Bonchev–Trinajstić information content (AvgIpc) is 2.83. The minimum atomic E-state index is -0.142. The molecule has 0 spiro atoms. The number of hydrogen-bond acceptors (Lipinski definition) is 4. The van der Waals surface area contributed by atoms with Crippen LogP contribution >= 0.6 is 11.8 Å². The number of benzene rings is 1. The molecule has 0 bridgehead atoms. The molecule has 0 unspecified atom stereocenters. The van der Waals surface area contributed by atoms with Gasteiger partial charge in [0.05, 0.1) is 39.5 Å². The Morgan fingerprint density at radius 2 is 2.00 bits per heavy atom. The first-order valence-corrected chi connectivity index (χ1v) is 9.02. The van der Waals surface area contributed by atoms with Gasteiger partial charge in [0.1, 0.15) is 17.7 Å². The minimum Gasteiger partial charge on any atom is -0.497 e. The van der Waals surface area contributed by atoms with E-state index in [9.17, 15) is 9.59 Å². The van der Waals surface area contributed by atoms with Crippen LogP contribution in [0.15, 0.2) is 24.3 Å². The molecular formula is C17H26N3O3S+. The normalized spacial score (nSPS) is 20.5. The van der Waals surface area contributed by atoms with Gasteiger partial charge in [0.25, 0.3) is 0 Å². The van der Waals surface area contributed by atoms with Crippen LogP contribution in [0.5, 0.6) is 5.75 Å². The highest BCUT2D eigenvalue weighted by atomic mass is 32.2. The van der Waals surface area contributed by atoms with Gasteiger partial charge in [0.15, 0.2) is 0 Å². The molecule has 0 aromatic heterocycles. The first kappa shape index (κ1) is 18.6. The van der Waals surface area contributed by atoms with E-state index in [2.05, 4.69) is 5.32 Å². The Morgan fingerprint density at radius 3 is 2.58 bits per heavy atom. The maximum atomic E-state index is 12.4. The van der Waals surface area contributed by atoms with Crippen LogP contribution in [-0.2, 0) is 9.59 Å². The summed E-state index contributed by atoms with van der Waals surface area (Å²) in [7, 11) is 5.69. The van der Waals surface area contributed by atoms with Crippen LogP contribution < -0.4 is 15.0 Å². The molecule has 1 heterocycles. The highest BCUT2D eigenvalue weighted by Crippen LogP contribution is 2.42. The fourth-order valence-electron chi connectivity index (χ4n) is 2.52. The van der Waals surface area contributed by atoms with E-state index >= 15 is 0 Å². The number of nitrogens with one attached hydrogen (secondary N) is 2. The molecule has 1 aliphatic heterocycles. The number of rotatable bonds is 7. The number of carbonyl (C=O) groups excluding carboxylic acids is 2. The second-order valence-corrected chi connectivity index (χ2v) is 7.60. The maximum Gasteiger partial charge on any atom is 0.239 e. The molecule has 1 fully saturated rings. The largest absolute Gasteiger partial charge is 0.497 e. The van der Waals surface area contributed by atoms with Gasteiger partial charge >= 0.3 is 0 Å². The van der Waals surface area contributed by atoms with Crippen molar-refractivity contribution in [3.05, 3.63) is 29.8 Å². The van der Waals surface area contributed by atoms with E-state index in [4.69, 9.17) is 4.74 Å². The van der Waals surface area contributed by atoms with Crippen molar-refractivity contribution in [2.45, 2.75) is 17.5 Å². The van der Waals surface area contributed by atoms with E-state index < -0.39 is 0 Å². The Kier molecular flexibility index (Phi) is 6.51. The molecule has 2 atom stereocenters. The Bertz CT molecular complexity index is 577. The SMILES string of the molecule is COc1ccc([C@@H]2S[C@H](C)C(=O)N2CC(=O)NCC[NH+](C)C)cc1. The van der Waals surface area contributed by atoms with Gasteiger partial charge < -0.3 is 19.9 Å². The number of nitrogens with zero attached hydrogens (tertiary/aromatic N) is 1. The van der Waals surface area contributed by atoms with E-state index in [1.54, 1.807) is 23.8 Å². The van der Waals surface area contributed by atoms with Crippen molar-refractivity contribution in [1.29, 1.82) is 0 Å². The highest BCUT2D eigenvalue weighted by molar-refractivity contribution is 8.01. The van der Waals surface area contributed by atoms with Gasteiger partial charge in [-0.3, -0.25) is 9.59 Å². The predicted octanol–water partition coefficient (Wildman–Crippen LogP) is -0.0816. The van der Waals surface area contributed by atoms with Gasteiger partial charge in [-0.15, -0.1) is 11.8 Å². The summed E-state index contributed by atoms with van der Waals surface area (Å²) < 4.78 is 5.18. The second kappa shape index (κ2) is 8.39. The van der Waals surface area contributed by atoms with Crippen molar-refractivity contribution in [3.8, 4) is 5.75 Å². The monoisotopic (exact) mass is 352 g/mol. The molecule has 0 saturated carbocycles. The van der Waals surface area contributed by atoms with Crippen molar-refractivity contribution in [2.75, 3.05) is 40.8 Å². The number of hydrogen-bond donors (Lipinski definition) is 2. The third-order valence-corrected chi connectivity index (χ3v) is 5.30. The molecule has 2 N–H and O–H groups in total. The van der Waals surface area contributed by atoms with Crippen LogP contribution in [0.1, 0.15) is 17.9 Å². The molecule has 2 amide bonds. The van der Waals surface area contributed by atoms with E-state index in [-0.39, 0.29) is 29.0 Å². The number of ether oxygens (including phenoxy) is 1. The summed E-state index contributed by atoms with van der Waals surface area (Å²) in [6.45, 7) is 3.44. The summed E-state index contributed by atoms with van der Waals surface area (Å²) >= 11 is 1.57. The fraction of sp³-hybridized carbons (Fsp3) is 0.529. The van der Waals surface area contributed by atoms with Crippen molar-refractivity contribution in [1.82, 2.24) is 10.2 Å². The van der Waals surface area contributed by atoms with Gasteiger partial charge in [-0.05, 0) is 24.6 Å². The summed E-state index contributed by atoms with van der Waals surface area (Å²) in [5, 5.41) is 2.61. The summed E-state index contributed by atoms with van der Waals surface area (Å²) in [5.74, 6) is 0.670. The number of likely N-dealkylation sites (N-methyl/N-ethyl adjacent to an activating group) is 1. The zero-order valence-corrected chi connectivity index (χ0v) is 15.5. The van der Waals surface area contributed by atoms with E-state index in [1.165, 1.54) is 4.90 Å². The Balaban J connectivity index is 2.03. The van der Waals surface area contributed by atoms with Crippen LogP contribution in [0.2, 0.25) is 0 Å². The number of methoxy groups -OCH3 is 1. The standard InChI is InChI=1S/C17H25N3O3S/c1-12-16(22)20(11-15(21)18-9-10-19(2)3)17(24-12)13-5-7-14(23-4)8-6-13/h5-8,12,17H,9-11H2,1-4H3,(H,18,21)/p+1/t12-,17+/m1/s1. The molecule has 2 rings (SSSR count). The highest BCUT2D eigenvalue weighted by Gasteiger charge is 2.39. The quantitative estimate of drug-likeness (QED) is 0.721. The average molecular weight is 352 g/mol. The van der Waals surface area contributed by atoms with Crippen LogP contribution in [0, 0.1) is 0 Å². The van der Waals surface area contributed by atoms with E-state index in [0.29, 0.717) is 6.54 Å². The first-order chi connectivity index (χ1) is 11.4. The fourth-order valence-corrected chi connectivity index (χ4v) is 3.80. The van der Waals surface area contributed by atoms with Gasteiger partial charge in [-0.1, -0.05) is 12.1 Å². The summed E-state index contributed by atoms with van der Waals surface area (Å²) in [4.78, 5) is 27.5. The smallest absolute Gasteiger partial charge is 0.239 e. The molecular weight excluding hydrogens is 326 g/mol. The number of thioether (sulfide) groups is 1. The van der Waals surface area contributed by atoms with Gasteiger partial charge in [-0.2, -0.15) is 0 Å². The molecule has 1 aliphatic rings. The summed E-state index contributed by atoms with van der Waals surface area (Å²) in [6, 6.07) is 7.65. The lowest BCUT2D eigenvalue weighted by Gasteiger charge is -2.23. The first-order valence-electron chi connectivity index (χ1n) is 8.08. The van der Waals surface area contributed by atoms with Crippen LogP contribution in [0.3, 0.4) is 0 Å². The maximum absolute atomic E-state index is 12.4. The third kappa shape index (κ3) is 4.64. The predicted molar refractivity (Wildman–Crippen MR) is 95.2 cm³/mol. The summed E-state index contributed by atoms with van der Waals surface area (Å²) in [5.41, 5.74) is 1.00. The lowest BCUT2D eigenvalue weighted by atomic mass is 10.2. The van der Waals surface area contributed by atoms with Gasteiger partial charge in [-0.25, -0.2) is 0 Å². The van der Waals surface area contributed by atoms with Crippen molar-refractivity contribution in [2.24, 2.45) is 0 Å². The summed E-state index contributed by atoms with van der Waals surface area (Å²) in [6.07, 6.45) is 0. The molecule has 0 radical (unpaired) electrons. The molecule has 1 aromatic rings. The second-order valence-electron chi connectivity index (χ2n) is 6.18. The molecule has 1 saturated heterocycles. The zero-order chi connectivity index (χ0) is 17.7. The van der Waals surface area contributed by atoms with Crippen molar-refractivity contribution >= 4 is 23.6 Å². The molecule has 7 heteroatoms. The number of carbonyl (C=O) groups is 2. The van der Waals surface area contributed by atoms with E-state index in [1.807, 2.05) is 45.3 Å². The molecule has 0 aliphatic carbocycles. The van der Waals surface area contributed by atoms with Crippen LogP contribution in [0.25, 0.3) is 0 Å².